The van der Waals surface area contributed by atoms with Crippen LogP contribution in [0, 0.1) is 6.57 Å². The first-order valence-electron chi connectivity index (χ1n) is 11.2. The maximum absolute atomic E-state index is 14.1. The van der Waals surface area contributed by atoms with Crippen LogP contribution in [-0.2, 0) is 13.5 Å². The quantitative estimate of drug-likeness (QED) is 0.384. The molecule has 3 heterocycles. The summed E-state index contributed by atoms with van der Waals surface area (Å²) in [5.74, 6) is 0.0291. The molecule has 5 aromatic rings. The molecule has 0 fully saturated rings. The van der Waals surface area contributed by atoms with Crippen LogP contribution in [0.5, 0.6) is 0 Å². The third-order valence-electron chi connectivity index (χ3n) is 6.15. The lowest BCUT2D eigenvalue weighted by Gasteiger charge is -2.21. The van der Waals surface area contributed by atoms with Crippen LogP contribution in [-0.4, -0.2) is 24.3 Å². The van der Waals surface area contributed by atoms with Gasteiger partial charge in [0.2, 0.25) is 5.69 Å². The van der Waals surface area contributed by atoms with Gasteiger partial charge in [-0.1, -0.05) is 43.3 Å². The zero-order valence-electron chi connectivity index (χ0n) is 19.4. The van der Waals surface area contributed by atoms with E-state index < -0.39 is 0 Å². The van der Waals surface area contributed by atoms with Crippen LogP contribution < -0.4 is 11.3 Å². The fourth-order valence-electron chi connectivity index (χ4n) is 4.49. The van der Waals surface area contributed by atoms with Crippen LogP contribution in [0.15, 0.2) is 78.1 Å². The minimum absolute atomic E-state index is 0.109. The highest BCUT2D eigenvalue weighted by Gasteiger charge is 2.21. The van der Waals surface area contributed by atoms with E-state index in [1.54, 1.807) is 15.4 Å². The Morgan fingerprint density at radius 2 is 1.91 bits per heavy atom. The Bertz CT molecular complexity index is 1640. The highest BCUT2D eigenvalue weighted by atomic mass is 16.1. The third-order valence-corrected chi connectivity index (χ3v) is 6.15. The number of benzene rings is 2. The smallest absolute Gasteiger partial charge is 0.263 e. The molecule has 2 N–H and O–H groups in total. The molecule has 3 aromatic heterocycles. The lowest BCUT2D eigenvalue weighted by atomic mass is 9.95. The van der Waals surface area contributed by atoms with Crippen molar-refractivity contribution in [3.8, 4) is 16.8 Å². The summed E-state index contributed by atoms with van der Waals surface area (Å²) >= 11 is 0. The molecule has 2 aromatic carbocycles. The second kappa shape index (κ2) is 8.88. The molecular formula is C27H23N7O. The third kappa shape index (κ3) is 3.93. The van der Waals surface area contributed by atoms with Gasteiger partial charge in [-0.3, -0.25) is 19.0 Å². The number of aryl methyl sites for hydroxylation is 1. The number of nitrogens with two attached hydrogens (primary N) is 1. The van der Waals surface area contributed by atoms with Crippen molar-refractivity contribution in [3.63, 3.8) is 0 Å². The number of hydrogen-bond donors (Lipinski definition) is 1. The number of aromatic nitrogens is 5. The van der Waals surface area contributed by atoms with Crippen molar-refractivity contribution in [3.05, 3.63) is 106 Å². The van der Waals surface area contributed by atoms with E-state index in [4.69, 9.17) is 12.3 Å². The summed E-state index contributed by atoms with van der Waals surface area (Å²) in [7, 11) is 1.86. The number of hydrogen-bond acceptors (Lipinski definition) is 5. The van der Waals surface area contributed by atoms with Crippen molar-refractivity contribution >= 4 is 22.3 Å². The van der Waals surface area contributed by atoms with Gasteiger partial charge in [0.25, 0.3) is 5.56 Å². The number of fused-ring (bicyclic) bond motifs is 1. The molecule has 5 rings (SSSR count). The summed E-state index contributed by atoms with van der Waals surface area (Å²) in [4.78, 5) is 25.9. The molecule has 0 unspecified atom stereocenters. The highest BCUT2D eigenvalue weighted by Crippen LogP contribution is 2.32. The predicted octanol–water partition coefficient (Wildman–Crippen LogP) is 4.66. The number of rotatable bonds is 5. The van der Waals surface area contributed by atoms with E-state index in [-0.39, 0.29) is 23.0 Å². The van der Waals surface area contributed by atoms with E-state index >= 15 is 0 Å². The maximum atomic E-state index is 14.1. The average molecular weight is 462 g/mol. The van der Waals surface area contributed by atoms with Crippen LogP contribution in [0.4, 0.5) is 11.5 Å². The molecule has 172 valence electrons. The molecule has 35 heavy (non-hydrogen) atoms. The number of para-hydroxylation sites is 1. The van der Waals surface area contributed by atoms with Crippen molar-refractivity contribution in [2.75, 3.05) is 5.73 Å². The van der Waals surface area contributed by atoms with Crippen LogP contribution in [0.2, 0.25) is 0 Å². The first-order valence-corrected chi connectivity index (χ1v) is 11.2. The van der Waals surface area contributed by atoms with Crippen molar-refractivity contribution in [1.82, 2.24) is 24.3 Å². The Labute approximate surface area is 202 Å². The molecule has 0 radical (unpaired) electrons. The molecule has 1 atom stereocenters. The van der Waals surface area contributed by atoms with Gasteiger partial charge in [-0.05, 0) is 35.6 Å². The van der Waals surface area contributed by atoms with Crippen LogP contribution in [0.25, 0.3) is 32.4 Å². The van der Waals surface area contributed by atoms with Gasteiger partial charge in [0.1, 0.15) is 12.1 Å². The number of pyridine rings is 1. The predicted molar refractivity (Wildman–Crippen MR) is 137 cm³/mol. The van der Waals surface area contributed by atoms with E-state index in [0.29, 0.717) is 17.5 Å². The second-order valence-electron chi connectivity index (χ2n) is 8.49. The van der Waals surface area contributed by atoms with E-state index in [2.05, 4.69) is 26.0 Å². The first-order chi connectivity index (χ1) is 17.0. The molecule has 0 aliphatic heterocycles. The van der Waals surface area contributed by atoms with E-state index in [9.17, 15) is 4.79 Å². The Morgan fingerprint density at radius 3 is 2.63 bits per heavy atom. The van der Waals surface area contributed by atoms with E-state index in [0.717, 1.165) is 27.9 Å². The number of nitrogen functional groups attached to an aromatic ring is 1. The summed E-state index contributed by atoms with van der Waals surface area (Å²) in [6.07, 6.45) is 5.48. The van der Waals surface area contributed by atoms with Gasteiger partial charge in [0.05, 0.1) is 23.8 Å². The van der Waals surface area contributed by atoms with Gasteiger partial charge in [0, 0.05) is 36.1 Å². The monoisotopic (exact) mass is 461 g/mol. The second-order valence-corrected chi connectivity index (χ2v) is 8.49. The average Bonchev–Trinajstić information content (AvgIpc) is 3.30. The zero-order valence-corrected chi connectivity index (χ0v) is 19.4. The fraction of sp³-hybridized carbons (Fsp3) is 0.148. The zero-order chi connectivity index (χ0) is 24.5. The number of nitrogens with zero attached hydrogens (tertiary/aromatic N) is 6. The summed E-state index contributed by atoms with van der Waals surface area (Å²) in [6, 6.07) is 17.5. The molecule has 0 aliphatic carbocycles. The maximum Gasteiger partial charge on any atom is 0.263 e. The standard InChI is InChI=1S/C27H23N7O/c1-17(12-22-25(29-2)26(28)31-16-30-22)23-13-18-8-7-11-21(19-14-32-33(3)15-19)24(18)27(35)34(23)20-9-5-4-6-10-20/h4-11,13-17H,12H2,1,3H3,(H2,28,30,31)/t17-/m1/s1. The van der Waals surface area contributed by atoms with Gasteiger partial charge in [0.15, 0.2) is 0 Å². The molecular weight excluding hydrogens is 438 g/mol. The Hall–Kier alpha value is -4.77. The van der Waals surface area contributed by atoms with E-state index in [1.807, 2.05) is 68.7 Å². The molecule has 0 spiro atoms. The van der Waals surface area contributed by atoms with Crippen molar-refractivity contribution in [1.29, 1.82) is 0 Å². The summed E-state index contributed by atoms with van der Waals surface area (Å²) in [6.45, 7) is 9.53. The largest absolute Gasteiger partial charge is 0.392 e. The van der Waals surface area contributed by atoms with Crippen LogP contribution >= 0.6 is 0 Å². The molecule has 0 saturated carbocycles. The summed E-state index contributed by atoms with van der Waals surface area (Å²) in [5, 5.41) is 5.77. The van der Waals surface area contributed by atoms with Crippen LogP contribution in [0.3, 0.4) is 0 Å². The fourth-order valence-corrected chi connectivity index (χ4v) is 4.49. The van der Waals surface area contributed by atoms with Gasteiger partial charge in [-0.15, -0.1) is 0 Å². The molecule has 0 saturated heterocycles. The lowest BCUT2D eigenvalue weighted by Crippen LogP contribution is -2.24. The lowest BCUT2D eigenvalue weighted by molar-refractivity contribution is 0.685. The van der Waals surface area contributed by atoms with Gasteiger partial charge < -0.3 is 5.73 Å². The Kier molecular flexibility index (Phi) is 5.59. The molecule has 8 heteroatoms. The van der Waals surface area contributed by atoms with Crippen molar-refractivity contribution < 1.29 is 0 Å². The first kappa shape index (κ1) is 22.0. The topological polar surface area (TPSA) is 96.0 Å². The van der Waals surface area contributed by atoms with Gasteiger partial charge >= 0.3 is 0 Å². The van der Waals surface area contributed by atoms with Gasteiger partial charge in [-0.2, -0.15) is 5.10 Å². The summed E-state index contributed by atoms with van der Waals surface area (Å²) in [5.41, 5.74) is 9.94. The highest BCUT2D eigenvalue weighted by molar-refractivity contribution is 5.96. The minimum Gasteiger partial charge on any atom is -0.392 e. The van der Waals surface area contributed by atoms with Crippen LogP contribution in [0.1, 0.15) is 24.2 Å². The van der Waals surface area contributed by atoms with Crippen molar-refractivity contribution in [2.24, 2.45) is 7.05 Å². The number of anilines is 1. The Morgan fingerprint density at radius 1 is 1.11 bits per heavy atom. The van der Waals surface area contributed by atoms with E-state index in [1.165, 1.54) is 6.33 Å². The molecule has 0 bridgehead atoms. The normalized spacial score (nSPS) is 11.9. The van der Waals surface area contributed by atoms with Gasteiger partial charge in [-0.25, -0.2) is 9.83 Å². The minimum atomic E-state index is -0.135. The SMILES string of the molecule is [C-]#[N+]c1c(N)ncnc1C[C@@H](C)c1cc2cccc(-c3cnn(C)c3)c2c(=O)n1-c1ccccc1. The summed E-state index contributed by atoms with van der Waals surface area (Å²) < 4.78 is 3.48. The molecule has 0 aliphatic rings. The Balaban J connectivity index is 1.75. The van der Waals surface area contributed by atoms with Crippen molar-refractivity contribution in [2.45, 2.75) is 19.3 Å². The molecule has 8 nitrogen and oxygen atoms in total. The molecule has 0 amide bonds.